The zero-order valence-electron chi connectivity index (χ0n) is 15.6. The number of aromatic nitrogens is 2. The molecular weight excluding hydrogens is 409 g/mol. The van der Waals surface area contributed by atoms with E-state index in [0.29, 0.717) is 39.4 Å². The molecule has 146 valence electrons. The minimum absolute atomic E-state index is 0.288. The number of pyridine rings is 2. The standard InChI is InChI=1S/C22H17Cl2N3O2/c1-28-22-14-27-20(10-21(22)29-8-7-15-5-3-2-4-6-15)16(11-25)9-17-18(23)12-26-13-19(17)24/h2-6,9-10,12-14H,7-8H2,1H3. The van der Waals surface area contributed by atoms with Gasteiger partial charge in [0.25, 0.3) is 0 Å². The smallest absolute Gasteiger partial charge is 0.179 e. The van der Waals surface area contributed by atoms with E-state index in [2.05, 4.69) is 16.0 Å². The van der Waals surface area contributed by atoms with Gasteiger partial charge >= 0.3 is 0 Å². The van der Waals surface area contributed by atoms with Crippen LogP contribution in [0.15, 0.2) is 55.0 Å². The van der Waals surface area contributed by atoms with Crippen molar-refractivity contribution in [3.8, 4) is 17.6 Å². The third kappa shape index (κ3) is 5.26. The Balaban J connectivity index is 1.86. The molecular formula is C22H17Cl2N3O2. The van der Waals surface area contributed by atoms with Crippen molar-refractivity contribution in [2.24, 2.45) is 0 Å². The molecule has 0 N–H and O–H groups in total. The first-order chi connectivity index (χ1) is 14.1. The summed E-state index contributed by atoms with van der Waals surface area (Å²) in [5.74, 6) is 0.987. The van der Waals surface area contributed by atoms with Crippen LogP contribution in [0.4, 0.5) is 0 Å². The average molecular weight is 426 g/mol. The van der Waals surface area contributed by atoms with Gasteiger partial charge in [0.15, 0.2) is 11.5 Å². The van der Waals surface area contributed by atoms with Gasteiger partial charge in [-0.3, -0.25) is 9.97 Å². The topological polar surface area (TPSA) is 68.0 Å². The second-order valence-corrected chi connectivity index (χ2v) is 6.81. The van der Waals surface area contributed by atoms with E-state index in [0.717, 1.165) is 6.42 Å². The van der Waals surface area contributed by atoms with Crippen molar-refractivity contribution in [1.82, 2.24) is 9.97 Å². The SMILES string of the molecule is COc1cnc(C(C#N)=Cc2c(Cl)cncc2Cl)cc1OCCc1ccccc1. The third-order valence-electron chi connectivity index (χ3n) is 4.12. The average Bonchev–Trinajstić information content (AvgIpc) is 2.74. The van der Waals surface area contributed by atoms with Crippen molar-refractivity contribution in [2.75, 3.05) is 13.7 Å². The molecule has 2 aromatic heterocycles. The summed E-state index contributed by atoms with van der Waals surface area (Å²) >= 11 is 12.3. The minimum atomic E-state index is 0.288. The fraction of sp³-hybridized carbons (Fsp3) is 0.136. The summed E-state index contributed by atoms with van der Waals surface area (Å²) in [6.45, 7) is 0.456. The summed E-state index contributed by atoms with van der Waals surface area (Å²) in [6.07, 6.45) is 6.77. The molecule has 0 atom stereocenters. The van der Waals surface area contributed by atoms with Crippen LogP contribution in [-0.2, 0) is 6.42 Å². The van der Waals surface area contributed by atoms with Gasteiger partial charge in [0.2, 0.25) is 0 Å². The van der Waals surface area contributed by atoms with Crippen molar-refractivity contribution in [2.45, 2.75) is 6.42 Å². The van der Waals surface area contributed by atoms with Gasteiger partial charge in [-0.1, -0.05) is 53.5 Å². The summed E-state index contributed by atoms with van der Waals surface area (Å²) in [6, 6.07) is 13.8. The quantitative estimate of drug-likeness (QED) is 0.468. The highest BCUT2D eigenvalue weighted by Gasteiger charge is 2.13. The number of methoxy groups -OCH3 is 1. The fourth-order valence-electron chi connectivity index (χ4n) is 2.63. The second kappa shape index (κ2) is 9.92. The maximum absolute atomic E-state index is 9.63. The molecule has 2 heterocycles. The normalized spacial score (nSPS) is 11.0. The van der Waals surface area contributed by atoms with E-state index in [-0.39, 0.29) is 5.57 Å². The molecule has 0 aliphatic rings. The molecule has 0 aliphatic heterocycles. The number of allylic oxidation sites excluding steroid dienone is 1. The maximum Gasteiger partial charge on any atom is 0.179 e. The molecule has 0 spiro atoms. The van der Waals surface area contributed by atoms with Crippen LogP contribution in [0.3, 0.4) is 0 Å². The van der Waals surface area contributed by atoms with Crippen molar-refractivity contribution in [1.29, 1.82) is 5.26 Å². The van der Waals surface area contributed by atoms with Crippen molar-refractivity contribution >= 4 is 34.9 Å². The predicted molar refractivity (Wildman–Crippen MR) is 114 cm³/mol. The molecule has 0 bridgehead atoms. The van der Waals surface area contributed by atoms with E-state index in [1.54, 1.807) is 12.1 Å². The summed E-state index contributed by atoms with van der Waals surface area (Å²) in [7, 11) is 1.54. The summed E-state index contributed by atoms with van der Waals surface area (Å²) in [4.78, 5) is 8.22. The Hall–Kier alpha value is -3.07. The lowest BCUT2D eigenvalue weighted by Gasteiger charge is -2.12. The van der Waals surface area contributed by atoms with E-state index >= 15 is 0 Å². The van der Waals surface area contributed by atoms with Crippen LogP contribution >= 0.6 is 23.2 Å². The van der Waals surface area contributed by atoms with Crippen LogP contribution in [0.5, 0.6) is 11.5 Å². The highest BCUT2D eigenvalue weighted by molar-refractivity contribution is 6.37. The Labute approximate surface area is 179 Å². The highest BCUT2D eigenvalue weighted by Crippen LogP contribution is 2.31. The van der Waals surface area contributed by atoms with Crippen LogP contribution in [0.25, 0.3) is 11.6 Å². The first-order valence-corrected chi connectivity index (χ1v) is 9.50. The number of halogens is 2. The monoisotopic (exact) mass is 425 g/mol. The molecule has 7 heteroatoms. The zero-order valence-corrected chi connectivity index (χ0v) is 17.1. The Morgan fingerprint density at radius 2 is 1.83 bits per heavy atom. The number of benzene rings is 1. The van der Waals surface area contributed by atoms with Crippen LogP contribution < -0.4 is 9.47 Å². The lowest BCUT2D eigenvalue weighted by atomic mass is 10.1. The summed E-state index contributed by atoms with van der Waals surface area (Å²) in [5.41, 5.74) is 2.38. The van der Waals surface area contributed by atoms with Gasteiger partial charge in [-0.2, -0.15) is 5.26 Å². The molecule has 5 nitrogen and oxygen atoms in total. The molecule has 0 unspecified atom stereocenters. The van der Waals surface area contributed by atoms with Crippen LogP contribution in [0.1, 0.15) is 16.8 Å². The first kappa shape index (κ1) is 20.7. The molecule has 0 amide bonds. The van der Waals surface area contributed by atoms with E-state index in [9.17, 15) is 5.26 Å². The van der Waals surface area contributed by atoms with Gasteiger partial charge in [0.05, 0.1) is 41.2 Å². The summed E-state index contributed by atoms with van der Waals surface area (Å²) < 4.78 is 11.2. The Bertz CT molecular complexity index is 1040. The number of hydrogen-bond acceptors (Lipinski definition) is 5. The molecule has 0 saturated heterocycles. The zero-order chi connectivity index (χ0) is 20.6. The van der Waals surface area contributed by atoms with E-state index in [1.807, 2.05) is 30.3 Å². The summed E-state index contributed by atoms with van der Waals surface area (Å²) in [5, 5.41) is 10.3. The number of nitrogens with zero attached hydrogens (tertiary/aromatic N) is 3. The third-order valence-corrected chi connectivity index (χ3v) is 4.72. The molecule has 0 fully saturated rings. The van der Waals surface area contributed by atoms with Gasteiger partial charge < -0.3 is 9.47 Å². The van der Waals surface area contributed by atoms with Gasteiger partial charge in [0, 0.05) is 30.4 Å². The van der Waals surface area contributed by atoms with E-state index < -0.39 is 0 Å². The molecule has 0 radical (unpaired) electrons. The van der Waals surface area contributed by atoms with Crippen molar-refractivity contribution in [3.05, 3.63) is 81.9 Å². The Morgan fingerprint density at radius 1 is 1.10 bits per heavy atom. The number of rotatable bonds is 7. The molecule has 1 aromatic carbocycles. The highest BCUT2D eigenvalue weighted by atomic mass is 35.5. The van der Waals surface area contributed by atoms with Crippen LogP contribution in [0.2, 0.25) is 10.0 Å². The lowest BCUT2D eigenvalue weighted by Crippen LogP contribution is -2.04. The fourth-order valence-corrected chi connectivity index (χ4v) is 3.10. The largest absolute Gasteiger partial charge is 0.491 e. The van der Waals surface area contributed by atoms with Gasteiger partial charge in [-0.05, 0) is 11.6 Å². The Morgan fingerprint density at radius 3 is 2.48 bits per heavy atom. The second-order valence-electron chi connectivity index (χ2n) is 5.99. The Kier molecular flexibility index (Phi) is 7.07. The number of hydrogen-bond donors (Lipinski definition) is 0. The molecule has 3 rings (SSSR count). The maximum atomic E-state index is 9.63. The van der Waals surface area contributed by atoms with Crippen molar-refractivity contribution in [3.63, 3.8) is 0 Å². The molecule has 29 heavy (non-hydrogen) atoms. The van der Waals surface area contributed by atoms with Gasteiger partial charge in [-0.15, -0.1) is 0 Å². The lowest BCUT2D eigenvalue weighted by molar-refractivity contribution is 0.296. The molecule has 3 aromatic rings. The van der Waals surface area contributed by atoms with Crippen molar-refractivity contribution < 1.29 is 9.47 Å². The van der Waals surface area contributed by atoms with Gasteiger partial charge in [0.1, 0.15) is 6.07 Å². The van der Waals surface area contributed by atoms with Crippen LogP contribution in [-0.4, -0.2) is 23.7 Å². The number of nitriles is 1. The first-order valence-electron chi connectivity index (χ1n) is 8.74. The predicted octanol–water partition coefficient (Wildman–Crippen LogP) is 5.48. The van der Waals surface area contributed by atoms with Gasteiger partial charge in [-0.25, -0.2) is 0 Å². The van der Waals surface area contributed by atoms with Crippen LogP contribution in [0, 0.1) is 11.3 Å². The molecule has 0 aliphatic carbocycles. The van der Waals surface area contributed by atoms with E-state index in [4.69, 9.17) is 32.7 Å². The minimum Gasteiger partial charge on any atom is -0.491 e. The molecule has 0 saturated carbocycles. The number of ether oxygens (including phenoxy) is 2. The van der Waals surface area contributed by atoms with E-state index in [1.165, 1.54) is 31.3 Å².